The number of anilines is 1. The average Bonchev–Trinajstić information content (AvgIpc) is 3.33. The van der Waals surface area contributed by atoms with E-state index < -0.39 is 6.61 Å². The monoisotopic (exact) mass is 472 g/mol. The van der Waals surface area contributed by atoms with E-state index in [4.69, 9.17) is 5.73 Å². The number of nitrogens with one attached hydrogen (secondary N) is 1. The number of hydrogen-bond donors (Lipinski definition) is 2. The van der Waals surface area contributed by atoms with Gasteiger partial charge in [0.2, 0.25) is 0 Å². The number of pyridine rings is 1. The zero-order chi connectivity index (χ0) is 24.0. The molecule has 1 saturated heterocycles. The van der Waals surface area contributed by atoms with Crippen LogP contribution in [0.25, 0.3) is 11.3 Å². The van der Waals surface area contributed by atoms with Crippen molar-refractivity contribution < 1.29 is 22.7 Å². The number of rotatable bonds is 5. The molecule has 0 unspecified atom stereocenters. The van der Waals surface area contributed by atoms with Gasteiger partial charge in [-0.25, -0.2) is 14.2 Å². The number of carbonyl (C=O) groups excluding carboxylic acids is 1. The van der Waals surface area contributed by atoms with E-state index in [2.05, 4.69) is 20.1 Å². The average molecular weight is 472 g/mol. The molecule has 1 aromatic carbocycles. The van der Waals surface area contributed by atoms with Gasteiger partial charge in [0.05, 0.1) is 11.7 Å². The number of hydrogen-bond acceptors (Lipinski definition) is 5. The van der Waals surface area contributed by atoms with E-state index in [0.29, 0.717) is 30.9 Å². The Morgan fingerprint density at radius 3 is 2.68 bits per heavy atom. The van der Waals surface area contributed by atoms with Crippen LogP contribution in [0.2, 0.25) is 0 Å². The number of alkyl halides is 2. The van der Waals surface area contributed by atoms with Crippen LogP contribution in [0.3, 0.4) is 0 Å². The van der Waals surface area contributed by atoms with Crippen molar-refractivity contribution in [2.24, 2.45) is 0 Å². The van der Waals surface area contributed by atoms with Crippen LogP contribution in [0, 0.1) is 5.82 Å². The molecule has 1 spiro atoms. The molecular formula is C23H23F3N6O2. The Morgan fingerprint density at radius 2 is 1.97 bits per heavy atom. The second-order valence-electron chi connectivity index (χ2n) is 8.73. The molecule has 8 nitrogen and oxygen atoms in total. The third-order valence-corrected chi connectivity index (χ3v) is 6.50. The molecule has 0 radical (unpaired) electrons. The topological polar surface area (TPSA) is 98.3 Å². The first-order chi connectivity index (χ1) is 16.2. The Kier molecular flexibility index (Phi) is 5.34. The van der Waals surface area contributed by atoms with E-state index in [1.807, 2.05) is 17.7 Å². The van der Waals surface area contributed by atoms with Gasteiger partial charge in [-0.1, -0.05) is 12.1 Å². The van der Waals surface area contributed by atoms with Crippen molar-refractivity contribution in [2.45, 2.75) is 38.0 Å². The van der Waals surface area contributed by atoms with Crippen molar-refractivity contribution in [1.29, 1.82) is 0 Å². The number of fused-ring (bicyclic) bond motifs is 2. The molecule has 0 aliphatic carbocycles. The standard InChI is InChI=1S/C23H23F3N6O2/c1-13(14-2-4-16(24)5-3-14)29-22(33)31-11-23(12-31)6-7-32-19(23)9-17(30-32)15-8-18(34-21(25)26)20(27)28-10-15/h2-5,8-10,13,21H,6-7,11-12H2,1H3,(H2,27,28)(H,29,33)/t13-/m1/s1. The Morgan fingerprint density at radius 1 is 1.24 bits per heavy atom. The third-order valence-electron chi connectivity index (χ3n) is 6.50. The summed E-state index contributed by atoms with van der Waals surface area (Å²) in [5, 5.41) is 7.55. The molecule has 178 valence electrons. The largest absolute Gasteiger partial charge is 0.431 e. The van der Waals surface area contributed by atoms with Gasteiger partial charge in [0.25, 0.3) is 0 Å². The second kappa shape index (κ2) is 8.23. The van der Waals surface area contributed by atoms with Crippen molar-refractivity contribution in [3.05, 3.63) is 59.7 Å². The van der Waals surface area contributed by atoms with Gasteiger partial charge in [-0.3, -0.25) is 4.68 Å². The zero-order valence-corrected chi connectivity index (χ0v) is 18.3. The maximum atomic E-state index is 13.1. The second-order valence-corrected chi connectivity index (χ2v) is 8.73. The molecule has 1 fully saturated rings. The molecule has 4 heterocycles. The van der Waals surface area contributed by atoms with Gasteiger partial charge in [0.15, 0.2) is 11.6 Å². The van der Waals surface area contributed by atoms with E-state index >= 15 is 0 Å². The fraction of sp³-hybridized carbons (Fsp3) is 0.348. The predicted octanol–water partition coefficient (Wildman–Crippen LogP) is 3.70. The first-order valence-electron chi connectivity index (χ1n) is 10.8. The molecule has 0 bridgehead atoms. The summed E-state index contributed by atoms with van der Waals surface area (Å²) >= 11 is 0. The van der Waals surface area contributed by atoms with Crippen molar-refractivity contribution in [1.82, 2.24) is 25.0 Å². The molecule has 34 heavy (non-hydrogen) atoms. The minimum absolute atomic E-state index is 0.122. The summed E-state index contributed by atoms with van der Waals surface area (Å²) in [6.45, 7) is 0.622. The van der Waals surface area contributed by atoms with Crippen LogP contribution in [0.1, 0.15) is 30.6 Å². The molecule has 2 aliphatic heterocycles. The van der Waals surface area contributed by atoms with Gasteiger partial charge in [0, 0.05) is 42.5 Å². The van der Waals surface area contributed by atoms with Crippen molar-refractivity contribution >= 4 is 11.8 Å². The number of ether oxygens (including phenoxy) is 1. The molecule has 2 aromatic heterocycles. The Hall–Kier alpha value is -3.76. The molecule has 11 heteroatoms. The number of halogens is 3. The molecular weight excluding hydrogens is 449 g/mol. The summed E-state index contributed by atoms with van der Waals surface area (Å²) in [4.78, 5) is 18.4. The number of nitrogen functional groups attached to an aromatic ring is 1. The van der Waals surface area contributed by atoms with Crippen molar-refractivity contribution in [2.75, 3.05) is 18.8 Å². The Labute approximate surface area is 193 Å². The highest BCUT2D eigenvalue weighted by molar-refractivity contribution is 5.76. The molecule has 5 rings (SSSR count). The van der Waals surface area contributed by atoms with Crippen LogP contribution in [0.4, 0.5) is 23.8 Å². The summed E-state index contributed by atoms with van der Waals surface area (Å²) < 4.78 is 44.7. The van der Waals surface area contributed by atoms with Crippen LogP contribution in [-0.4, -0.2) is 45.4 Å². The molecule has 2 aliphatic rings. The normalized spacial score (nSPS) is 16.9. The number of nitrogens with two attached hydrogens (primary N) is 1. The highest BCUT2D eigenvalue weighted by Crippen LogP contribution is 2.44. The Balaban J connectivity index is 1.27. The lowest BCUT2D eigenvalue weighted by Gasteiger charge is -2.47. The SMILES string of the molecule is C[C@@H](NC(=O)N1CC2(CCn3nc(-c4cnc(N)c(OC(F)F)c4)cc32)C1)c1ccc(F)cc1. The number of aryl methyl sites for hydroxylation is 1. The number of amides is 2. The lowest BCUT2D eigenvalue weighted by molar-refractivity contribution is -0.0494. The highest BCUT2D eigenvalue weighted by atomic mass is 19.3. The van der Waals surface area contributed by atoms with Crippen LogP contribution in [0.5, 0.6) is 5.75 Å². The third kappa shape index (κ3) is 3.91. The molecule has 2 amide bonds. The maximum Gasteiger partial charge on any atom is 0.387 e. The van der Waals surface area contributed by atoms with Gasteiger partial charge in [-0.05, 0) is 43.2 Å². The zero-order valence-electron chi connectivity index (χ0n) is 18.3. The van der Waals surface area contributed by atoms with E-state index in [0.717, 1.165) is 17.7 Å². The van der Waals surface area contributed by atoms with Gasteiger partial charge >= 0.3 is 12.6 Å². The van der Waals surface area contributed by atoms with Gasteiger partial charge in [0.1, 0.15) is 5.82 Å². The van der Waals surface area contributed by atoms with Crippen LogP contribution in [-0.2, 0) is 12.0 Å². The minimum Gasteiger partial charge on any atom is -0.431 e. The van der Waals surface area contributed by atoms with E-state index in [-0.39, 0.29) is 34.9 Å². The number of benzene rings is 1. The molecule has 3 N–H and O–H groups in total. The Bertz CT molecular complexity index is 1220. The molecule has 0 saturated carbocycles. The van der Waals surface area contributed by atoms with Gasteiger partial charge in [-0.2, -0.15) is 13.9 Å². The summed E-state index contributed by atoms with van der Waals surface area (Å²) in [5.74, 6) is -0.642. The van der Waals surface area contributed by atoms with E-state index in [1.165, 1.54) is 24.4 Å². The fourth-order valence-corrected chi connectivity index (χ4v) is 4.65. The smallest absolute Gasteiger partial charge is 0.387 e. The summed E-state index contributed by atoms with van der Waals surface area (Å²) in [6, 6.07) is 8.90. The number of carbonyl (C=O) groups is 1. The quantitative estimate of drug-likeness (QED) is 0.590. The van der Waals surface area contributed by atoms with Gasteiger partial charge in [-0.15, -0.1) is 0 Å². The highest BCUT2D eigenvalue weighted by Gasteiger charge is 2.51. The minimum atomic E-state index is -3.01. The summed E-state index contributed by atoms with van der Waals surface area (Å²) in [6.07, 6.45) is 2.32. The van der Waals surface area contributed by atoms with E-state index in [1.54, 1.807) is 17.0 Å². The number of nitrogens with zero attached hydrogens (tertiary/aromatic N) is 4. The fourth-order valence-electron chi connectivity index (χ4n) is 4.65. The summed E-state index contributed by atoms with van der Waals surface area (Å²) in [7, 11) is 0. The predicted molar refractivity (Wildman–Crippen MR) is 118 cm³/mol. The number of urea groups is 1. The molecule has 1 atom stereocenters. The van der Waals surface area contributed by atoms with Crippen LogP contribution < -0.4 is 15.8 Å². The van der Waals surface area contributed by atoms with Crippen molar-refractivity contribution in [3.63, 3.8) is 0 Å². The number of aromatic nitrogens is 3. The van der Waals surface area contributed by atoms with Crippen LogP contribution in [0.15, 0.2) is 42.6 Å². The number of likely N-dealkylation sites (tertiary alicyclic amines) is 1. The first kappa shape index (κ1) is 22.1. The first-order valence-corrected chi connectivity index (χ1v) is 10.8. The van der Waals surface area contributed by atoms with Crippen LogP contribution >= 0.6 is 0 Å². The van der Waals surface area contributed by atoms with E-state index in [9.17, 15) is 18.0 Å². The molecule has 3 aromatic rings. The lowest BCUT2D eigenvalue weighted by atomic mass is 9.76. The summed E-state index contributed by atoms with van der Waals surface area (Å²) in [5.41, 5.74) is 8.33. The van der Waals surface area contributed by atoms with Gasteiger partial charge < -0.3 is 20.7 Å². The van der Waals surface area contributed by atoms with Crippen molar-refractivity contribution in [3.8, 4) is 17.0 Å². The maximum absolute atomic E-state index is 13.1. The lowest BCUT2D eigenvalue weighted by Crippen LogP contribution is -2.62.